The number of urea groups is 1. The van der Waals surface area contributed by atoms with Gasteiger partial charge in [-0.3, -0.25) is 9.72 Å². The molecule has 3 aromatic rings. The lowest BCUT2D eigenvalue weighted by Gasteiger charge is -2.05. The van der Waals surface area contributed by atoms with Gasteiger partial charge in [0, 0.05) is 18.9 Å². The van der Waals surface area contributed by atoms with Gasteiger partial charge in [0.05, 0.1) is 11.9 Å². The maximum Gasteiger partial charge on any atom is 0.320 e. The number of nitrogens with zero attached hydrogens (tertiary/aromatic N) is 4. The molecule has 2 N–H and O–H groups in total. The van der Waals surface area contributed by atoms with Crippen molar-refractivity contribution in [3.05, 3.63) is 36.8 Å². The van der Waals surface area contributed by atoms with E-state index in [2.05, 4.69) is 25.6 Å². The van der Waals surface area contributed by atoms with Gasteiger partial charge >= 0.3 is 6.03 Å². The number of aromatic nitrogens is 4. The van der Waals surface area contributed by atoms with Crippen LogP contribution in [0.3, 0.4) is 0 Å². The molecule has 3 aromatic heterocycles. The van der Waals surface area contributed by atoms with Crippen LogP contribution in [0.25, 0.3) is 17.2 Å². The topological polar surface area (TPSA) is 84.2 Å². The van der Waals surface area contributed by atoms with Crippen LogP contribution in [0.4, 0.5) is 10.6 Å². The van der Waals surface area contributed by atoms with Crippen LogP contribution >= 0.6 is 0 Å². The highest BCUT2D eigenvalue weighted by atomic mass is 16.2. The highest BCUT2D eigenvalue weighted by molar-refractivity contribution is 6.33. The molecule has 0 bridgehead atoms. The van der Waals surface area contributed by atoms with Gasteiger partial charge < -0.3 is 5.32 Å². The van der Waals surface area contributed by atoms with E-state index in [1.54, 1.807) is 41.2 Å². The summed E-state index contributed by atoms with van der Waals surface area (Å²) < 4.78 is 1.78. The molecular weight excluding hydrogens is 279 g/mol. The minimum absolute atomic E-state index is 0.309. The number of hydrogen-bond acceptors (Lipinski definition) is 4. The Labute approximate surface area is 128 Å². The molecule has 0 aliphatic heterocycles. The van der Waals surface area contributed by atoms with Crippen LogP contribution in [-0.2, 0) is 0 Å². The lowest BCUT2D eigenvalue weighted by Crippen LogP contribution is -2.28. The largest absolute Gasteiger partial charge is 0.338 e. The first-order valence-corrected chi connectivity index (χ1v) is 6.78. The Kier molecular flexibility index (Phi) is 3.74. The third-order valence-electron chi connectivity index (χ3n) is 2.97. The van der Waals surface area contributed by atoms with Gasteiger partial charge in [0.1, 0.15) is 13.5 Å². The van der Waals surface area contributed by atoms with Gasteiger partial charge in [0.15, 0.2) is 11.6 Å². The maximum absolute atomic E-state index is 11.6. The zero-order valence-electron chi connectivity index (χ0n) is 11.9. The van der Waals surface area contributed by atoms with Crippen LogP contribution in [0.5, 0.6) is 0 Å². The summed E-state index contributed by atoms with van der Waals surface area (Å²) in [6, 6.07) is 4.91. The molecule has 0 saturated heterocycles. The number of carbonyl (C=O) groups is 1. The number of amides is 2. The molecule has 0 fully saturated rings. The van der Waals surface area contributed by atoms with Crippen molar-refractivity contribution in [3.63, 3.8) is 0 Å². The fourth-order valence-corrected chi connectivity index (χ4v) is 2.09. The molecule has 108 valence electrons. The minimum Gasteiger partial charge on any atom is -0.338 e. The van der Waals surface area contributed by atoms with Gasteiger partial charge in [-0.2, -0.15) is 0 Å². The fourth-order valence-electron chi connectivity index (χ4n) is 2.09. The lowest BCUT2D eigenvalue weighted by atomic mass is 9.96. The summed E-state index contributed by atoms with van der Waals surface area (Å²) in [5, 5.41) is 5.31. The minimum atomic E-state index is -0.309. The number of carbonyl (C=O) groups excluding carboxylic acids is 1. The molecule has 8 heteroatoms. The number of hydrogen-bond donors (Lipinski definition) is 2. The molecule has 0 atom stereocenters. The zero-order chi connectivity index (χ0) is 15.5. The Bertz CT molecular complexity index is 817. The van der Waals surface area contributed by atoms with E-state index in [4.69, 9.17) is 7.85 Å². The summed E-state index contributed by atoms with van der Waals surface area (Å²) in [6.45, 7) is 2.38. The van der Waals surface area contributed by atoms with Crippen molar-refractivity contribution in [3.8, 4) is 11.5 Å². The van der Waals surface area contributed by atoms with Gasteiger partial charge in [0.2, 0.25) is 0 Å². The lowest BCUT2D eigenvalue weighted by molar-refractivity contribution is 0.252. The van der Waals surface area contributed by atoms with E-state index in [9.17, 15) is 4.79 Å². The van der Waals surface area contributed by atoms with Crippen LogP contribution in [0.2, 0.25) is 0 Å². The van der Waals surface area contributed by atoms with Gasteiger partial charge in [-0.15, -0.1) is 0 Å². The smallest absolute Gasteiger partial charge is 0.320 e. The molecule has 0 saturated carbocycles. The second-order valence-electron chi connectivity index (χ2n) is 4.59. The van der Waals surface area contributed by atoms with E-state index >= 15 is 0 Å². The van der Waals surface area contributed by atoms with Crippen LogP contribution in [-0.4, -0.2) is 39.8 Å². The average Bonchev–Trinajstić information content (AvgIpc) is 2.89. The Morgan fingerprint density at radius 3 is 2.82 bits per heavy atom. The van der Waals surface area contributed by atoms with E-state index in [1.807, 2.05) is 6.92 Å². The normalized spacial score (nSPS) is 10.6. The first kappa shape index (κ1) is 14.1. The monoisotopic (exact) mass is 292 g/mol. The SMILES string of the molecule is [B]c1cc(-c2ncccn2)n2cc(NC(=O)NCC)nc2c1. The molecule has 2 amide bonds. The summed E-state index contributed by atoms with van der Waals surface area (Å²) in [6.07, 6.45) is 5.01. The van der Waals surface area contributed by atoms with Crippen LogP contribution in [0.15, 0.2) is 36.8 Å². The van der Waals surface area contributed by atoms with Crippen molar-refractivity contribution in [2.75, 3.05) is 11.9 Å². The molecule has 7 nitrogen and oxygen atoms in total. The van der Waals surface area contributed by atoms with Crippen LogP contribution < -0.4 is 16.1 Å². The van der Waals surface area contributed by atoms with Gasteiger partial charge in [-0.1, -0.05) is 5.46 Å². The van der Waals surface area contributed by atoms with Crippen molar-refractivity contribution < 1.29 is 4.79 Å². The van der Waals surface area contributed by atoms with Crippen LogP contribution in [0, 0.1) is 0 Å². The number of imidazole rings is 1. The molecule has 2 radical (unpaired) electrons. The summed E-state index contributed by atoms with van der Waals surface area (Å²) >= 11 is 0. The van der Waals surface area contributed by atoms with Crippen LogP contribution in [0.1, 0.15) is 6.92 Å². The molecule has 3 rings (SSSR count). The summed E-state index contributed by atoms with van der Waals surface area (Å²) in [7, 11) is 5.91. The Morgan fingerprint density at radius 2 is 2.09 bits per heavy atom. The van der Waals surface area contributed by atoms with Gasteiger partial charge in [-0.25, -0.2) is 19.7 Å². The van der Waals surface area contributed by atoms with Crippen molar-refractivity contribution in [1.29, 1.82) is 0 Å². The molecule has 0 spiro atoms. The number of pyridine rings is 1. The van der Waals surface area contributed by atoms with E-state index in [0.29, 0.717) is 35.0 Å². The summed E-state index contributed by atoms with van der Waals surface area (Å²) in [5.74, 6) is 0.954. The highest BCUT2D eigenvalue weighted by Gasteiger charge is 2.11. The first-order chi connectivity index (χ1) is 10.7. The summed E-state index contributed by atoms with van der Waals surface area (Å²) in [5.41, 5.74) is 1.85. The maximum atomic E-state index is 11.6. The standard InChI is InChI=1S/C14H13BN6O/c1-2-16-14(22)20-11-8-21-10(13-17-4-3-5-18-13)6-9(15)7-12(21)19-11/h3-8H,2H2,1H3,(H2,16,20,22). The number of rotatable bonds is 3. The fraction of sp³-hybridized carbons (Fsp3) is 0.143. The number of nitrogens with one attached hydrogen (secondary N) is 2. The predicted octanol–water partition coefficient (Wildman–Crippen LogP) is 0.726. The zero-order valence-corrected chi connectivity index (χ0v) is 11.9. The second-order valence-corrected chi connectivity index (χ2v) is 4.59. The highest BCUT2D eigenvalue weighted by Crippen LogP contribution is 2.18. The number of fused-ring (bicyclic) bond motifs is 1. The van der Waals surface area contributed by atoms with E-state index in [-0.39, 0.29) is 6.03 Å². The molecule has 0 aromatic carbocycles. The van der Waals surface area contributed by atoms with Gasteiger partial charge in [-0.05, 0) is 25.1 Å². The van der Waals surface area contributed by atoms with E-state index < -0.39 is 0 Å². The van der Waals surface area contributed by atoms with Gasteiger partial charge in [0.25, 0.3) is 0 Å². The van der Waals surface area contributed by atoms with Crippen molar-refractivity contribution in [2.45, 2.75) is 6.92 Å². The third kappa shape index (κ3) is 2.76. The average molecular weight is 292 g/mol. The van der Waals surface area contributed by atoms with Crippen molar-refractivity contribution in [1.82, 2.24) is 24.7 Å². The van der Waals surface area contributed by atoms with Crippen molar-refractivity contribution in [2.24, 2.45) is 0 Å². The molecule has 3 heterocycles. The summed E-state index contributed by atoms with van der Waals surface area (Å²) in [4.78, 5) is 24.4. The Balaban J connectivity index is 2.06. The Morgan fingerprint density at radius 1 is 1.32 bits per heavy atom. The molecule has 0 aliphatic carbocycles. The number of anilines is 1. The molecule has 0 unspecified atom stereocenters. The molecular formula is C14H13BN6O. The first-order valence-electron chi connectivity index (χ1n) is 6.78. The van der Waals surface area contributed by atoms with E-state index in [0.717, 1.165) is 0 Å². The molecule has 0 aliphatic rings. The third-order valence-corrected chi connectivity index (χ3v) is 2.97. The molecule has 22 heavy (non-hydrogen) atoms. The second kappa shape index (κ2) is 5.84. The predicted molar refractivity (Wildman–Crippen MR) is 84.3 cm³/mol. The quantitative estimate of drug-likeness (QED) is 0.697. The van der Waals surface area contributed by atoms with Crippen molar-refractivity contribution >= 4 is 30.8 Å². The Hall–Kier alpha value is -2.90. The van der Waals surface area contributed by atoms with E-state index in [1.165, 1.54) is 0 Å².